The van der Waals surface area contributed by atoms with Gasteiger partial charge in [-0.25, -0.2) is 18.8 Å². The second-order valence-electron chi connectivity index (χ2n) is 11.7. The number of carbonyl (C=O) groups is 2. The van der Waals surface area contributed by atoms with Crippen LogP contribution >= 0.6 is 0 Å². The lowest BCUT2D eigenvalue weighted by molar-refractivity contribution is -0.153. The van der Waals surface area contributed by atoms with Crippen molar-refractivity contribution in [1.82, 2.24) is 9.97 Å². The Bertz CT molecular complexity index is 1310. The maximum absolute atomic E-state index is 12.9. The molecule has 38 heavy (non-hydrogen) atoms. The molecule has 5 rings (SSSR count). The van der Waals surface area contributed by atoms with Crippen LogP contribution in [0.4, 0.5) is 8.78 Å². The van der Waals surface area contributed by atoms with Crippen molar-refractivity contribution in [3.05, 3.63) is 53.1 Å². The molecule has 2 spiro atoms. The largest absolute Gasteiger partial charge is 0.487 e. The van der Waals surface area contributed by atoms with E-state index in [1.54, 1.807) is 6.07 Å². The van der Waals surface area contributed by atoms with Gasteiger partial charge in [-0.3, -0.25) is 14.6 Å². The standard InChI is InChI=1S/C28H31F2N3O5/c1-25(2,3)38-23(35)12-22-33-28(15-36-22)17-10-16(6-7-21(17)37-26(4,5)27(28)8-9-27)11-20(34)18-13-32-19(14-31-18)24(29)30/h6-7,10,13-14,24H,8-9,11-12,15H2,1-5H3/t28-/m0/s1. The highest BCUT2D eigenvalue weighted by atomic mass is 19.3. The smallest absolute Gasteiger partial charge is 0.315 e. The van der Waals surface area contributed by atoms with Crippen molar-refractivity contribution >= 4 is 17.7 Å². The third-order valence-electron chi connectivity index (χ3n) is 7.57. The van der Waals surface area contributed by atoms with Crippen LogP contribution < -0.4 is 4.74 Å². The quantitative estimate of drug-likeness (QED) is 0.379. The Balaban J connectivity index is 1.47. The summed E-state index contributed by atoms with van der Waals surface area (Å²) in [6, 6.07) is 5.52. The Morgan fingerprint density at radius 3 is 2.45 bits per heavy atom. The SMILES string of the molecule is CC(C)(C)OC(=O)CC1=N[C@@]2(CO1)c1cc(CC(=O)c3cnc(C(F)F)cn3)ccc1OC(C)(C)C21CC1. The first-order valence-corrected chi connectivity index (χ1v) is 12.6. The fourth-order valence-electron chi connectivity index (χ4n) is 5.68. The van der Waals surface area contributed by atoms with Crippen molar-refractivity contribution in [3.8, 4) is 5.75 Å². The van der Waals surface area contributed by atoms with Crippen molar-refractivity contribution in [2.45, 2.75) is 83.5 Å². The van der Waals surface area contributed by atoms with E-state index >= 15 is 0 Å². The van der Waals surface area contributed by atoms with E-state index in [2.05, 4.69) is 9.97 Å². The number of carbonyl (C=O) groups excluding carboxylic acids is 2. The molecule has 1 saturated carbocycles. The normalized spacial score (nSPS) is 22.5. The van der Waals surface area contributed by atoms with Gasteiger partial charge in [0.05, 0.1) is 12.4 Å². The number of hydrogen-bond acceptors (Lipinski definition) is 8. The van der Waals surface area contributed by atoms with E-state index < -0.39 is 34.8 Å². The minimum atomic E-state index is -2.75. The summed E-state index contributed by atoms with van der Waals surface area (Å²) in [5.74, 6) is 0.214. The number of rotatable bonds is 6. The fraction of sp³-hybridized carbons (Fsp3) is 0.536. The second kappa shape index (κ2) is 8.81. The number of ketones is 1. The summed E-state index contributed by atoms with van der Waals surface area (Å²) in [5, 5.41) is 0. The molecule has 1 fully saturated rings. The number of aliphatic imine (C=N–C) groups is 1. The minimum absolute atomic E-state index is 0.00219. The third kappa shape index (κ3) is 4.43. The highest BCUT2D eigenvalue weighted by molar-refractivity contribution is 5.96. The first-order valence-electron chi connectivity index (χ1n) is 12.6. The van der Waals surface area contributed by atoms with Gasteiger partial charge in [0, 0.05) is 17.4 Å². The molecule has 3 heterocycles. The average molecular weight is 528 g/mol. The molecule has 8 nitrogen and oxygen atoms in total. The molecule has 0 radical (unpaired) electrons. The van der Waals surface area contributed by atoms with E-state index in [0.29, 0.717) is 17.2 Å². The Morgan fingerprint density at radius 1 is 1.11 bits per heavy atom. The van der Waals surface area contributed by atoms with Crippen molar-refractivity contribution in [2.75, 3.05) is 6.61 Å². The zero-order valence-electron chi connectivity index (χ0n) is 22.1. The number of alkyl halides is 2. The van der Waals surface area contributed by atoms with Gasteiger partial charge in [-0.1, -0.05) is 6.07 Å². The Kier molecular flexibility index (Phi) is 6.07. The number of ether oxygens (including phenoxy) is 3. The summed E-state index contributed by atoms with van der Waals surface area (Å²) < 4.78 is 43.5. The molecular formula is C28H31F2N3O5. The summed E-state index contributed by atoms with van der Waals surface area (Å²) >= 11 is 0. The zero-order chi connectivity index (χ0) is 27.5. The predicted octanol–water partition coefficient (Wildman–Crippen LogP) is 5.15. The Morgan fingerprint density at radius 2 is 1.84 bits per heavy atom. The second-order valence-corrected chi connectivity index (χ2v) is 11.7. The van der Waals surface area contributed by atoms with Crippen LogP contribution in [0.15, 0.2) is 35.6 Å². The van der Waals surface area contributed by atoms with E-state index in [4.69, 9.17) is 19.2 Å². The highest BCUT2D eigenvalue weighted by Crippen LogP contribution is 2.71. The Hall–Kier alpha value is -3.43. The molecule has 0 amide bonds. The summed E-state index contributed by atoms with van der Waals surface area (Å²) in [6.07, 6.45) is 0.921. The first kappa shape index (κ1) is 26.2. The fourth-order valence-corrected chi connectivity index (χ4v) is 5.68. The maximum Gasteiger partial charge on any atom is 0.315 e. The number of benzene rings is 1. The average Bonchev–Trinajstić information content (AvgIpc) is 3.55. The first-order chi connectivity index (χ1) is 17.8. The molecule has 1 aromatic heterocycles. The maximum atomic E-state index is 12.9. The molecule has 3 aliphatic rings. The summed E-state index contributed by atoms with van der Waals surface area (Å²) in [6.45, 7) is 9.77. The van der Waals surface area contributed by atoms with Crippen LogP contribution in [-0.2, 0) is 26.2 Å². The molecule has 0 unspecified atom stereocenters. The van der Waals surface area contributed by atoms with E-state index in [0.717, 1.165) is 30.8 Å². The zero-order valence-corrected chi connectivity index (χ0v) is 22.1. The van der Waals surface area contributed by atoms with Gasteiger partial charge in [0.2, 0.25) is 0 Å². The van der Waals surface area contributed by atoms with Crippen LogP contribution in [-0.4, -0.2) is 45.4 Å². The highest BCUT2D eigenvalue weighted by Gasteiger charge is 2.73. The van der Waals surface area contributed by atoms with Gasteiger partial charge in [0.1, 0.15) is 46.9 Å². The van der Waals surface area contributed by atoms with Crippen LogP contribution in [0.3, 0.4) is 0 Å². The topological polar surface area (TPSA) is 100.0 Å². The van der Waals surface area contributed by atoms with Gasteiger partial charge < -0.3 is 14.2 Å². The number of nitrogens with zero attached hydrogens (tertiary/aromatic N) is 3. The number of Topliss-reactive ketones (excluding diaryl/α,β-unsaturated/α-hetero) is 1. The molecule has 10 heteroatoms. The molecule has 0 bridgehead atoms. The van der Waals surface area contributed by atoms with Crippen LogP contribution in [0.2, 0.25) is 0 Å². The number of aromatic nitrogens is 2. The molecule has 0 saturated heterocycles. The number of halogens is 2. The van der Waals surface area contributed by atoms with Gasteiger partial charge in [0.25, 0.3) is 6.43 Å². The van der Waals surface area contributed by atoms with Crippen LogP contribution in [0.25, 0.3) is 0 Å². The summed E-state index contributed by atoms with van der Waals surface area (Å²) in [7, 11) is 0. The molecule has 1 aliphatic carbocycles. The lowest BCUT2D eigenvalue weighted by Gasteiger charge is -2.49. The van der Waals surface area contributed by atoms with E-state index in [1.807, 2.05) is 46.8 Å². The van der Waals surface area contributed by atoms with Gasteiger partial charge in [-0.2, -0.15) is 0 Å². The molecular weight excluding hydrogens is 496 g/mol. The molecule has 1 atom stereocenters. The number of esters is 1. The number of hydrogen-bond donors (Lipinski definition) is 0. The minimum Gasteiger partial charge on any atom is -0.487 e. The lowest BCUT2D eigenvalue weighted by Crippen LogP contribution is -2.55. The summed E-state index contributed by atoms with van der Waals surface area (Å²) in [5.41, 5.74) is -1.23. The van der Waals surface area contributed by atoms with Gasteiger partial charge in [-0.05, 0) is 65.2 Å². The van der Waals surface area contributed by atoms with E-state index in [1.165, 1.54) is 0 Å². The van der Waals surface area contributed by atoms with Crippen LogP contribution in [0.5, 0.6) is 5.75 Å². The van der Waals surface area contributed by atoms with Crippen molar-refractivity contribution in [1.29, 1.82) is 0 Å². The van der Waals surface area contributed by atoms with E-state index in [9.17, 15) is 18.4 Å². The van der Waals surface area contributed by atoms with Crippen LogP contribution in [0.1, 0.15) is 87.6 Å². The number of fused-ring (bicyclic) bond motifs is 3. The van der Waals surface area contributed by atoms with Crippen molar-refractivity contribution < 1.29 is 32.6 Å². The monoisotopic (exact) mass is 527 g/mol. The summed E-state index contributed by atoms with van der Waals surface area (Å²) in [4.78, 5) is 37.9. The van der Waals surface area contributed by atoms with Crippen molar-refractivity contribution in [2.24, 2.45) is 10.4 Å². The molecule has 0 N–H and O–H groups in total. The lowest BCUT2D eigenvalue weighted by atomic mass is 9.65. The predicted molar refractivity (Wildman–Crippen MR) is 133 cm³/mol. The van der Waals surface area contributed by atoms with E-state index in [-0.39, 0.29) is 36.3 Å². The van der Waals surface area contributed by atoms with Gasteiger partial charge in [-0.15, -0.1) is 0 Å². The Labute approximate surface area is 219 Å². The van der Waals surface area contributed by atoms with Gasteiger partial charge >= 0.3 is 5.97 Å². The van der Waals surface area contributed by atoms with Crippen LogP contribution in [0, 0.1) is 5.41 Å². The van der Waals surface area contributed by atoms with Crippen molar-refractivity contribution in [3.63, 3.8) is 0 Å². The molecule has 2 aromatic rings. The molecule has 2 aliphatic heterocycles. The van der Waals surface area contributed by atoms with Gasteiger partial charge in [0.15, 0.2) is 11.7 Å². The molecule has 1 aromatic carbocycles. The molecule has 202 valence electrons. The third-order valence-corrected chi connectivity index (χ3v) is 7.57.